The SMILES string of the molecule is CCCCCCCCCCCCCCCOC(=O)C(CC)(CC)C(=O)Oc1ccccc1C=O. The molecule has 0 radical (unpaired) electrons. The smallest absolute Gasteiger partial charge is 0.328 e. The maximum Gasteiger partial charge on any atom is 0.328 e. The van der Waals surface area contributed by atoms with E-state index in [9.17, 15) is 14.4 Å². The summed E-state index contributed by atoms with van der Waals surface area (Å²) < 4.78 is 11.0. The molecule has 1 aromatic carbocycles. The van der Waals surface area contributed by atoms with Crippen LogP contribution < -0.4 is 4.74 Å². The standard InChI is InChI=1S/C29H46O5/c1-4-7-8-9-10-11-12-13-14-15-16-17-20-23-33-27(31)29(5-2,6-3)28(32)34-26-22-19-18-21-25(26)24-30/h18-19,21-22,24H,4-17,20,23H2,1-3H3. The van der Waals surface area contributed by atoms with Crippen molar-refractivity contribution in [2.75, 3.05) is 6.61 Å². The van der Waals surface area contributed by atoms with Crippen LogP contribution in [0.3, 0.4) is 0 Å². The van der Waals surface area contributed by atoms with Crippen molar-refractivity contribution in [3.8, 4) is 5.75 Å². The lowest BCUT2D eigenvalue weighted by molar-refractivity contribution is -0.168. The molecule has 5 heteroatoms. The Morgan fingerprint density at radius 1 is 0.735 bits per heavy atom. The van der Waals surface area contributed by atoms with Crippen molar-refractivity contribution in [3.05, 3.63) is 29.8 Å². The highest BCUT2D eigenvalue weighted by Gasteiger charge is 2.46. The van der Waals surface area contributed by atoms with E-state index in [0.29, 0.717) is 12.9 Å². The predicted octanol–water partition coefficient (Wildman–Crippen LogP) is 7.85. The van der Waals surface area contributed by atoms with Gasteiger partial charge in [0.05, 0.1) is 12.2 Å². The molecule has 1 aromatic rings. The lowest BCUT2D eigenvalue weighted by Crippen LogP contribution is -2.42. The van der Waals surface area contributed by atoms with Gasteiger partial charge >= 0.3 is 11.9 Å². The van der Waals surface area contributed by atoms with Crippen LogP contribution in [-0.4, -0.2) is 24.8 Å². The number of carbonyl (C=O) groups is 3. The van der Waals surface area contributed by atoms with Gasteiger partial charge in [0.15, 0.2) is 11.7 Å². The number of hydrogen-bond acceptors (Lipinski definition) is 5. The summed E-state index contributed by atoms with van der Waals surface area (Å²) in [5.74, 6) is -1.04. The third-order valence-electron chi connectivity index (χ3n) is 6.72. The molecule has 0 atom stereocenters. The summed E-state index contributed by atoms with van der Waals surface area (Å²) in [7, 11) is 0. The number of para-hydroxylation sites is 1. The van der Waals surface area contributed by atoms with Crippen molar-refractivity contribution in [2.24, 2.45) is 5.41 Å². The van der Waals surface area contributed by atoms with Crippen LogP contribution in [-0.2, 0) is 14.3 Å². The van der Waals surface area contributed by atoms with Crippen LogP contribution in [0.2, 0.25) is 0 Å². The van der Waals surface area contributed by atoms with E-state index in [-0.39, 0.29) is 24.2 Å². The van der Waals surface area contributed by atoms with Crippen molar-refractivity contribution < 1.29 is 23.9 Å². The van der Waals surface area contributed by atoms with Crippen LogP contribution in [0.4, 0.5) is 0 Å². The second-order valence-corrected chi connectivity index (χ2v) is 9.21. The molecule has 0 heterocycles. The minimum Gasteiger partial charge on any atom is -0.465 e. The molecule has 1 rings (SSSR count). The van der Waals surface area contributed by atoms with Gasteiger partial charge in [0.2, 0.25) is 0 Å². The lowest BCUT2D eigenvalue weighted by atomic mass is 9.82. The van der Waals surface area contributed by atoms with Gasteiger partial charge < -0.3 is 9.47 Å². The Hall–Kier alpha value is -2.17. The van der Waals surface area contributed by atoms with Gasteiger partial charge in [-0.15, -0.1) is 0 Å². The Balaban J connectivity index is 2.28. The monoisotopic (exact) mass is 474 g/mol. The maximum absolute atomic E-state index is 12.9. The van der Waals surface area contributed by atoms with E-state index in [2.05, 4.69) is 6.92 Å². The number of aldehydes is 1. The summed E-state index contributed by atoms with van der Waals surface area (Å²) in [5.41, 5.74) is -1.08. The Labute approximate surface area is 207 Å². The fraction of sp³-hybridized carbons (Fsp3) is 0.690. The van der Waals surface area contributed by atoms with Crippen LogP contribution in [0, 0.1) is 5.41 Å². The number of hydrogen-bond donors (Lipinski definition) is 0. The van der Waals surface area contributed by atoms with Crippen LogP contribution in [0.1, 0.15) is 127 Å². The fourth-order valence-corrected chi connectivity index (χ4v) is 4.20. The minimum atomic E-state index is -1.35. The predicted molar refractivity (Wildman–Crippen MR) is 137 cm³/mol. The third kappa shape index (κ3) is 10.4. The Morgan fingerprint density at radius 2 is 1.24 bits per heavy atom. The quantitative estimate of drug-likeness (QED) is 0.0633. The normalized spacial score (nSPS) is 11.3. The number of benzene rings is 1. The van der Waals surface area contributed by atoms with Gasteiger partial charge in [-0.05, 0) is 31.4 Å². The van der Waals surface area contributed by atoms with Crippen LogP contribution in [0.25, 0.3) is 0 Å². The van der Waals surface area contributed by atoms with E-state index in [1.165, 1.54) is 64.2 Å². The summed E-state index contributed by atoms with van der Waals surface area (Å²) >= 11 is 0. The van der Waals surface area contributed by atoms with E-state index in [4.69, 9.17) is 9.47 Å². The zero-order valence-corrected chi connectivity index (χ0v) is 21.7. The van der Waals surface area contributed by atoms with Crippen LogP contribution >= 0.6 is 0 Å². The Kier molecular flexibility index (Phi) is 16.0. The largest absolute Gasteiger partial charge is 0.465 e. The van der Waals surface area contributed by atoms with E-state index in [1.54, 1.807) is 38.1 Å². The average molecular weight is 475 g/mol. The molecule has 34 heavy (non-hydrogen) atoms. The number of unbranched alkanes of at least 4 members (excludes halogenated alkanes) is 12. The fourth-order valence-electron chi connectivity index (χ4n) is 4.20. The maximum atomic E-state index is 12.9. The molecular weight excluding hydrogens is 428 g/mol. The molecule has 0 fully saturated rings. The van der Waals surface area contributed by atoms with E-state index in [0.717, 1.165) is 19.3 Å². The first kappa shape index (κ1) is 29.9. The van der Waals surface area contributed by atoms with E-state index in [1.807, 2.05) is 0 Å². The van der Waals surface area contributed by atoms with Gasteiger partial charge in [-0.1, -0.05) is 110 Å². The molecule has 0 aliphatic rings. The molecule has 0 aliphatic heterocycles. The second kappa shape index (κ2) is 18.2. The van der Waals surface area contributed by atoms with Crippen LogP contribution in [0.5, 0.6) is 5.75 Å². The molecule has 0 aliphatic carbocycles. The summed E-state index contributed by atoms with van der Waals surface area (Å²) in [6.45, 7) is 6.13. The number of ether oxygens (including phenoxy) is 2. The molecule has 0 bridgehead atoms. The van der Waals surface area contributed by atoms with Crippen molar-refractivity contribution in [1.29, 1.82) is 0 Å². The lowest BCUT2D eigenvalue weighted by Gasteiger charge is -2.27. The average Bonchev–Trinajstić information content (AvgIpc) is 2.85. The molecule has 0 amide bonds. The number of rotatable bonds is 20. The molecule has 0 aromatic heterocycles. The molecule has 0 saturated heterocycles. The van der Waals surface area contributed by atoms with Gasteiger partial charge in [-0.3, -0.25) is 14.4 Å². The molecule has 0 saturated carbocycles. The molecule has 0 unspecified atom stereocenters. The van der Waals surface area contributed by atoms with Gasteiger partial charge in [-0.25, -0.2) is 0 Å². The molecule has 192 valence electrons. The summed E-state index contributed by atoms with van der Waals surface area (Å²) in [4.78, 5) is 37.0. The van der Waals surface area contributed by atoms with Gasteiger partial charge in [0.1, 0.15) is 5.75 Å². The molecule has 0 spiro atoms. The first-order chi connectivity index (χ1) is 16.6. The number of esters is 2. The second-order valence-electron chi connectivity index (χ2n) is 9.21. The van der Waals surface area contributed by atoms with E-state index < -0.39 is 17.4 Å². The summed E-state index contributed by atoms with van der Waals surface area (Å²) in [6.07, 6.45) is 17.5. The Morgan fingerprint density at radius 3 is 1.74 bits per heavy atom. The molecule has 5 nitrogen and oxygen atoms in total. The topological polar surface area (TPSA) is 69.7 Å². The van der Waals surface area contributed by atoms with Crippen molar-refractivity contribution in [1.82, 2.24) is 0 Å². The van der Waals surface area contributed by atoms with Crippen molar-refractivity contribution in [2.45, 2.75) is 117 Å². The van der Waals surface area contributed by atoms with E-state index >= 15 is 0 Å². The zero-order valence-electron chi connectivity index (χ0n) is 21.7. The minimum absolute atomic E-state index is 0.165. The van der Waals surface area contributed by atoms with Gasteiger partial charge in [0.25, 0.3) is 0 Å². The summed E-state index contributed by atoms with van der Waals surface area (Å²) in [6, 6.07) is 6.50. The third-order valence-corrected chi connectivity index (χ3v) is 6.72. The highest BCUT2D eigenvalue weighted by molar-refractivity contribution is 6.01. The first-order valence-corrected chi connectivity index (χ1v) is 13.5. The summed E-state index contributed by atoms with van der Waals surface area (Å²) in [5, 5.41) is 0. The zero-order chi connectivity index (χ0) is 25.1. The van der Waals surface area contributed by atoms with Gasteiger partial charge in [0, 0.05) is 0 Å². The molecule has 0 N–H and O–H groups in total. The van der Waals surface area contributed by atoms with Crippen molar-refractivity contribution >= 4 is 18.2 Å². The molecular formula is C29H46O5. The Bertz CT molecular complexity index is 708. The highest BCUT2D eigenvalue weighted by Crippen LogP contribution is 2.31. The van der Waals surface area contributed by atoms with Crippen molar-refractivity contribution in [3.63, 3.8) is 0 Å². The van der Waals surface area contributed by atoms with Crippen LogP contribution in [0.15, 0.2) is 24.3 Å². The first-order valence-electron chi connectivity index (χ1n) is 13.5. The van der Waals surface area contributed by atoms with Gasteiger partial charge in [-0.2, -0.15) is 0 Å². The highest BCUT2D eigenvalue weighted by atomic mass is 16.6. The number of carbonyl (C=O) groups excluding carboxylic acids is 3.